The van der Waals surface area contributed by atoms with Gasteiger partial charge in [-0.2, -0.15) is 0 Å². The van der Waals surface area contributed by atoms with Crippen LogP contribution in [0.2, 0.25) is 5.02 Å². The molecule has 3 aromatic rings. The average molecular weight is 370 g/mol. The molecule has 0 fully saturated rings. The maximum atomic E-state index is 11.9. The summed E-state index contributed by atoms with van der Waals surface area (Å²) in [6.45, 7) is 0.807. The summed E-state index contributed by atoms with van der Waals surface area (Å²) in [7, 11) is 0. The van der Waals surface area contributed by atoms with Gasteiger partial charge in [-0.3, -0.25) is 9.59 Å². The molecule has 3 N–H and O–H groups in total. The molecule has 0 spiro atoms. The van der Waals surface area contributed by atoms with E-state index in [4.69, 9.17) is 11.6 Å². The topological polar surface area (TPSA) is 74.0 Å². The van der Waals surface area contributed by atoms with E-state index in [1.807, 2.05) is 42.6 Å². The van der Waals surface area contributed by atoms with Crippen molar-refractivity contribution < 1.29 is 9.59 Å². The molecule has 0 aliphatic rings. The largest absolute Gasteiger partial charge is 0.361 e. The molecule has 26 heavy (non-hydrogen) atoms. The Hall–Kier alpha value is -2.79. The molecule has 0 aliphatic carbocycles. The number of amides is 2. The number of aromatic nitrogens is 1. The predicted molar refractivity (Wildman–Crippen MR) is 103 cm³/mol. The van der Waals surface area contributed by atoms with Crippen LogP contribution in [-0.2, 0) is 22.4 Å². The predicted octanol–water partition coefficient (Wildman–Crippen LogP) is 2.84. The molecule has 2 amide bonds. The standard InChI is InChI=1S/C20H20ClN3O2/c21-16-7-5-14(6-8-16)9-11-22-19(25)20(26)23-12-10-15-13-24-18-4-2-1-3-17(15)18/h1-8,13,24H,9-12H2,(H,22,25)(H,23,26). The molecule has 1 heterocycles. The highest BCUT2D eigenvalue weighted by atomic mass is 35.5. The Morgan fingerprint density at radius 2 is 1.54 bits per heavy atom. The molecule has 0 aliphatic heterocycles. The summed E-state index contributed by atoms with van der Waals surface area (Å²) in [6.07, 6.45) is 3.24. The summed E-state index contributed by atoms with van der Waals surface area (Å²) >= 11 is 5.83. The van der Waals surface area contributed by atoms with Crippen LogP contribution in [0.3, 0.4) is 0 Å². The van der Waals surface area contributed by atoms with Gasteiger partial charge in [0.2, 0.25) is 0 Å². The maximum Gasteiger partial charge on any atom is 0.309 e. The number of para-hydroxylation sites is 1. The van der Waals surface area contributed by atoms with Crippen LogP contribution in [-0.4, -0.2) is 29.9 Å². The molecule has 5 nitrogen and oxygen atoms in total. The Morgan fingerprint density at radius 1 is 0.885 bits per heavy atom. The summed E-state index contributed by atoms with van der Waals surface area (Å²) in [5, 5.41) is 7.09. The zero-order valence-corrected chi connectivity index (χ0v) is 15.0. The molecule has 1 aromatic heterocycles. The summed E-state index contributed by atoms with van der Waals surface area (Å²) in [5.41, 5.74) is 3.23. The van der Waals surface area contributed by atoms with Crippen LogP contribution in [0.5, 0.6) is 0 Å². The van der Waals surface area contributed by atoms with Gasteiger partial charge in [-0.15, -0.1) is 0 Å². The quantitative estimate of drug-likeness (QED) is 0.584. The van der Waals surface area contributed by atoms with E-state index < -0.39 is 11.8 Å². The van der Waals surface area contributed by atoms with Crippen molar-refractivity contribution in [1.82, 2.24) is 15.6 Å². The van der Waals surface area contributed by atoms with Gasteiger partial charge in [0.15, 0.2) is 0 Å². The number of hydrogen-bond donors (Lipinski definition) is 3. The zero-order valence-electron chi connectivity index (χ0n) is 14.2. The fourth-order valence-electron chi connectivity index (χ4n) is 2.78. The summed E-state index contributed by atoms with van der Waals surface area (Å²) in [6, 6.07) is 15.4. The Balaban J connectivity index is 1.40. The fourth-order valence-corrected chi connectivity index (χ4v) is 2.91. The Labute approximate surface area is 156 Å². The Bertz CT molecular complexity index is 903. The minimum Gasteiger partial charge on any atom is -0.361 e. The Kier molecular flexibility index (Phi) is 5.92. The van der Waals surface area contributed by atoms with Crippen molar-refractivity contribution in [1.29, 1.82) is 0 Å². The average Bonchev–Trinajstić information content (AvgIpc) is 3.06. The second-order valence-corrected chi connectivity index (χ2v) is 6.43. The molecule has 0 saturated heterocycles. The summed E-state index contributed by atoms with van der Waals surface area (Å²) in [4.78, 5) is 26.9. The number of carbonyl (C=O) groups excluding carboxylic acids is 2. The number of rotatable bonds is 6. The first-order valence-corrected chi connectivity index (χ1v) is 8.87. The smallest absolute Gasteiger partial charge is 0.309 e. The molecule has 0 unspecified atom stereocenters. The fraction of sp³-hybridized carbons (Fsp3) is 0.200. The lowest BCUT2D eigenvalue weighted by Crippen LogP contribution is -2.41. The van der Waals surface area contributed by atoms with Crippen LogP contribution >= 0.6 is 11.6 Å². The summed E-state index contributed by atoms with van der Waals surface area (Å²) in [5.74, 6) is -1.22. The first-order chi connectivity index (χ1) is 12.6. The third kappa shape index (κ3) is 4.64. The van der Waals surface area contributed by atoms with Crippen molar-refractivity contribution in [3.8, 4) is 0 Å². The van der Waals surface area contributed by atoms with Crippen LogP contribution in [0.4, 0.5) is 0 Å². The number of halogens is 1. The first kappa shape index (κ1) is 18.0. The molecule has 0 atom stereocenters. The Morgan fingerprint density at radius 3 is 2.27 bits per heavy atom. The van der Waals surface area contributed by atoms with E-state index in [2.05, 4.69) is 15.6 Å². The highest BCUT2D eigenvalue weighted by Crippen LogP contribution is 2.17. The minimum atomic E-state index is -0.613. The number of hydrogen-bond acceptors (Lipinski definition) is 2. The van der Waals surface area contributed by atoms with Gasteiger partial charge in [0.1, 0.15) is 0 Å². The van der Waals surface area contributed by atoms with Gasteiger partial charge in [0, 0.05) is 35.2 Å². The van der Waals surface area contributed by atoms with Crippen molar-refractivity contribution in [2.45, 2.75) is 12.8 Å². The lowest BCUT2D eigenvalue weighted by Gasteiger charge is -2.07. The highest BCUT2D eigenvalue weighted by Gasteiger charge is 2.12. The molecular weight excluding hydrogens is 350 g/mol. The van der Waals surface area contributed by atoms with Gasteiger partial charge >= 0.3 is 11.8 Å². The van der Waals surface area contributed by atoms with E-state index in [-0.39, 0.29) is 0 Å². The molecule has 0 saturated carbocycles. The molecule has 134 valence electrons. The molecule has 2 aromatic carbocycles. The number of fused-ring (bicyclic) bond motifs is 1. The number of H-pyrrole nitrogens is 1. The minimum absolute atomic E-state index is 0.399. The van der Waals surface area contributed by atoms with Gasteiger partial charge < -0.3 is 15.6 Å². The van der Waals surface area contributed by atoms with Gasteiger partial charge in [0.25, 0.3) is 0 Å². The summed E-state index contributed by atoms with van der Waals surface area (Å²) < 4.78 is 0. The molecule has 3 rings (SSSR count). The SMILES string of the molecule is O=C(NCCc1ccc(Cl)cc1)C(=O)NCCc1c[nH]c2ccccc12. The highest BCUT2D eigenvalue weighted by molar-refractivity contribution is 6.35. The second kappa shape index (κ2) is 8.54. The van der Waals surface area contributed by atoms with Crippen LogP contribution in [0.25, 0.3) is 10.9 Å². The lowest BCUT2D eigenvalue weighted by atomic mass is 10.1. The van der Waals surface area contributed by atoms with Gasteiger partial charge in [-0.1, -0.05) is 41.9 Å². The van der Waals surface area contributed by atoms with E-state index in [1.165, 1.54) is 0 Å². The lowest BCUT2D eigenvalue weighted by molar-refractivity contribution is -0.139. The third-order valence-corrected chi connectivity index (χ3v) is 4.43. The zero-order chi connectivity index (χ0) is 18.4. The normalized spacial score (nSPS) is 10.7. The van der Waals surface area contributed by atoms with E-state index in [9.17, 15) is 9.59 Å². The van der Waals surface area contributed by atoms with E-state index in [0.717, 1.165) is 22.0 Å². The van der Waals surface area contributed by atoms with Crippen molar-refractivity contribution in [3.63, 3.8) is 0 Å². The molecular formula is C20H20ClN3O2. The van der Waals surface area contributed by atoms with Crippen LogP contribution < -0.4 is 10.6 Å². The number of carbonyl (C=O) groups is 2. The van der Waals surface area contributed by atoms with E-state index >= 15 is 0 Å². The van der Waals surface area contributed by atoms with Crippen molar-refractivity contribution >= 4 is 34.3 Å². The van der Waals surface area contributed by atoms with Crippen LogP contribution in [0.1, 0.15) is 11.1 Å². The first-order valence-electron chi connectivity index (χ1n) is 8.49. The van der Waals surface area contributed by atoms with Crippen LogP contribution in [0.15, 0.2) is 54.7 Å². The molecule has 6 heteroatoms. The molecule has 0 bridgehead atoms. The monoisotopic (exact) mass is 369 g/mol. The van der Waals surface area contributed by atoms with Crippen molar-refractivity contribution in [3.05, 3.63) is 70.9 Å². The number of aromatic amines is 1. The maximum absolute atomic E-state index is 11.9. The number of nitrogens with one attached hydrogen (secondary N) is 3. The van der Waals surface area contributed by atoms with E-state index in [1.54, 1.807) is 12.1 Å². The second-order valence-electron chi connectivity index (χ2n) is 6.00. The van der Waals surface area contributed by atoms with Gasteiger partial charge in [-0.05, 0) is 42.2 Å². The van der Waals surface area contributed by atoms with Gasteiger partial charge in [-0.25, -0.2) is 0 Å². The van der Waals surface area contributed by atoms with E-state index in [0.29, 0.717) is 31.0 Å². The molecule has 0 radical (unpaired) electrons. The van der Waals surface area contributed by atoms with Crippen LogP contribution in [0, 0.1) is 0 Å². The third-order valence-electron chi connectivity index (χ3n) is 4.17. The number of benzene rings is 2. The van der Waals surface area contributed by atoms with Crippen molar-refractivity contribution in [2.24, 2.45) is 0 Å². The van der Waals surface area contributed by atoms with Gasteiger partial charge in [0.05, 0.1) is 0 Å². The van der Waals surface area contributed by atoms with Crippen molar-refractivity contribution in [2.75, 3.05) is 13.1 Å².